The topological polar surface area (TPSA) is 38.2 Å². The first-order valence-electron chi connectivity index (χ1n) is 5.83. The number of anilines is 1. The average Bonchev–Trinajstić information content (AvgIpc) is 2.92. The Labute approximate surface area is 120 Å². The molecule has 2 saturated heterocycles. The van der Waals surface area contributed by atoms with Gasteiger partial charge in [-0.15, -0.1) is 0 Å². The quantitative estimate of drug-likeness (QED) is 0.621. The molecule has 2 bridgehead atoms. The van der Waals surface area contributed by atoms with Crippen LogP contribution in [0.15, 0.2) is 0 Å². The molecular formula is C11H12Cl3N3O. The largest absolute Gasteiger partial charge is 0.374 e. The van der Waals surface area contributed by atoms with Crippen LogP contribution in [0.5, 0.6) is 0 Å². The van der Waals surface area contributed by atoms with Gasteiger partial charge in [0, 0.05) is 13.0 Å². The smallest absolute Gasteiger partial charge is 0.225 e. The van der Waals surface area contributed by atoms with E-state index >= 15 is 0 Å². The van der Waals surface area contributed by atoms with Gasteiger partial charge in [-0.25, -0.2) is 4.98 Å². The Kier molecular flexibility index (Phi) is 3.09. The van der Waals surface area contributed by atoms with Gasteiger partial charge in [0.25, 0.3) is 0 Å². The van der Waals surface area contributed by atoms with Crippen LogP contribution in [0.4, 0.5) is 5.82 Å². The van der Waals surface area contributed by atoms with Gasteiger partial charge in [-0.1, -0.05) is 30.1 Å². The summed E-state index contributed by atoms with van der Waals surface area (Å²) in [6, 6.07) is 0. The molecule has 1 aromatic heterocycles. The van der Waals surface area contributed by atoms with Gasteiger partial charge in [0.15, 0.2) is 11.0 Å². The Morgan fingerprint density at radius 1 is 1.39 bits per heavy atom. The second-order valence-electron chi connectivity index (χ2n) is 4.75. The third-order valence-corrected chi connectivity index (χ3v) is 4.72. The van der Waals surface area contributed by atoms with E-state index in [1.54, 1.807) is 0 Å². The lowest BCUT2D eigenvalue weighted by molar-refractivity contribution is 0.0831. The zero-order valence-corrected chi connectivity index (χ0v) is 12.1. The lowest BCUT2D eigenvalue weighted by Gasteiger charge is -2.38. The number of rotatable bonds is 2. The van der Waals surface area contributed by atoms with Crippen molar-refractivity contribution in [3.63, 3.8) is 0 Å². The number of hydrogen-bond donors (Lipinski definition) is 0. The Hall–Kier alpha value is -0.290. The van der Waals surface area contributed by atoms with Crippen molar-refractivity contribution in [1.29, 1.82) is 0 Å². The SMILES string of the molecule is CC[C@@]12COC(CN1c1nc(Cl)nc(Cl)c1Cl)C2. The highest BCUT2D eigenvalue weighted by molar-refractivity contribution is 6.43. The molecule has 0 amide bonds. The number of fused-ring (bicyclic) bond motifs is 2. The summed E-state index contributed by atoms with van der Waals surface area (Å²) in [5, 5.41) is 0.678. The van der Waals surface area contributed by atoms with E-state index in [9.17, 15) is 0 Å². The molecule has 0 saturated carbocycles. The fourth-order valence-electron chi connectivity index (χ4n) is 2.83. The summed E-state index contributed by atoms with van der Waals surface area (Å²) in [6.45, 7) is 3.61. The number of ether oxygens (including phenoxy) is 1. The van der Waals surface area contributed by atoms with E-state index in [-0.39, 0.29) is 22.1 Å². The maximum Gasteiger partial charge on any atom is 0.225 e. The van der Waals surface area contributed by atoms with Crippen molar-refractivity contribution >= 4 is 40.6 Å². The van der Waals surface area contributed by atoms with Crippen molar-refractivity contribution in [2.24, 2.45) is 0 Å². The maximum absolute atomic E-state index is 6.20. The van der Waals surface area contributed by atoms with E-state index in [4.69, 9.17) is 39.5 Å². The fraction of sp³-hybridized carbons (Fsp3) is 0.636. The zero-order chi connectivity index (χ0) is 12.9. The Balaban J connectivity index is 2.06. The molecule has 7 heteroatoms. The molecule has 2 fully saturated rings. The van der Waals surface area contributed by atoms with Gasteiger partial charge >= 0.3 is 0 Å². The number of morpholine rings is 1. The van der Waals surface area contributed by atoms with E-state index in [1.807, 2.05) is 0 Å². The summed E-state index contributed by atoms with van der Waals surface area (Å²) in [5.74, 6) is 0.620. The normalized spacial score (nSPS) is 30.2. The van der Waals surface area contributed by atoms with Crippen molar-refractivity contribution < 1.29 is 4.74 Å². The number of halogens is 3. The molecule has 0 aliphatic carbocycles. The van der Waals surface area contributed by atoms with Gasteiger partial charge < -0.3 is 9.64 Å². The molecule has 0 radical (unpaired) electrons. The molecular weight excluding hydrogens is 296 g/mol. The minimum atomic E-state index is -0.0324. The second kappa shape index (κ2) is 4.37. The average molecular weight is 309 g/mol. The minimum absolute atomic E-state index is 0.0324. The first kappa shape index (κ1) is 12.7. The van der Waals surface area contributed by atoms with Crippen LogP contribution in [-0.2, 0) is 4.74 Å². The van der Waals surface area contributed by atoms with Crippen LogP contribution in [-0.4, -0.2) is 34.8 Å². The molecule has 0 spiro atoms. The third-order valence-electron chi connectivity index (χ3n) is 3.83. The fourth-order valence-corrected chi connectivity index (χ4v) is 3.39. The van der Waals surface area contributed by atoms with Crippen LogP contribution in [0.3, 0.4) is 0 Å². The van der Waals surface area contributed by atoms with Crippen LogP contribution in [0.25, 0.3) is 0 Å². The first-order chi connectivity index (χ1) is 8.55. The van der Waals surface area contributed by atoms with Gasteiger partial charge in [0.05, 0.1) is 18.2 Å². The van der Waals surface area contributed by atoms with E-state index < -0.39 is 0 Å². The molecule has 3 rings (SSSR count). The van der Waals surface area contributed by atoms with E-state index in [1.165, 1.54) is 0 Å². The predicted molar refractivity (Wildman–Crippen MR) is 71.8 cm³/mol. The monoisotopic (exact) mass is 307 g/mol. The summed E-state index contributed by atoms with van der Waals surface area (Å²) in [7, 11) is 0. The van der Waals surface area contributed by atoms with Crippen molar-refractivity contribution in [2.75, 3.05) is 18.1 Å². The van der Waals surface area contributed by atoms with E-state index in [0.29, 0.717) is 17.4 Å². The molecule has 18 heavy (non-hydrogen) atoms. The summed E-state index contributed by atoms with van der Waals surface area (Å²) in [5.41, 5.74) is -0.0324. The Morgan fingerprint density at radius 3 is 2.83 bits per heavy atom. The molecule has 98 valence electrons. The molecule has 2 atom stereocenters. The Bertz CT molecular complexity index is 499. The van der Waals surface area contributed by atoms with Gasteiger partial charge in [-0.3, -0.25) is 0 Å². The van der Waals surface area contributed by atoms with Crippen molar-refractivity contribution in [2.45, 2.75) is 31.4 Å². The zero-order valence-electron chi connectivity index (χ0n) is 9.79. The molecule has 2 aliphatic rings. The number of hydrogen-bond acceptors (Lipinski definition) is 4. The van der Waals surface area contributed by atoms with Crippen LogP contribution in [0, 0.1) is 0 Å². The second-order valence-corrected chi connectivity index (χ2v) is 5.82. The van der Waals surface area contributed by atoms with Crippen LogP contribution in [0.1, 0.15) is 19.8 Å². The van der Waals surface area contributed by atoms with Crippen molar-refractivity contribution in [3.05, 3.63) is 15.5 Å². The molecule has 0 N–H and O–H groups in total. The summed E-state index contributed by atoms with van der Waals surface area (Å²) < 4.78 is 5.70. The molecule has 0 aromatic carbocycles. The predicted octanol–water partition coefficient (Wildman–Crippen LogP) is 3.19. The third kappa shape index (κ3) is 1.78. The van der Waals surface area contributed by atoms with Crippen LogP contribution >= 0.6 is 34.8 Å². The Morgan fingerprint density at radius 2 is 2.17 bits per heavy atom. The molecule has 1 unspecified atom stereocenters. The summed E-state index contributed by atoms with van der Waals surface area (Å²) in [4.78, 5) is 10.3. The molecule has 4 nitrogen and oxygen atoms in total. The number of aromatic nitrogens is 2. The molecule has 2 aliphatic heterocycles. The van der Waals surface area contributed by atoms with Crippen molar-refractivity contribution in [3.8, 4) is 0 Å². The van der Waals surface area contributed by atoms with Crippen molar-refractivity contribution in [1.82, 2.24) is 9.97 Å². The van der Waals surface area contributed by atoms with Crippen LogP contribution < -0.4 is 4.90 Å². The summed E-state index contributed by atoms with van der Waals surface area (Å²) >= 11 is 18.0. The van der Waals surface area contributed by atoms with Gasteiger partial charge in [0.2, 0.25) is 5.28 Å². The van der Waals surface area contributed by atoms with E-state index in [0.717, 1.165) is 19.4 Å². The standard InChI is InChI=1S/C11H12Cl3N3O/c1-2-11-3-6(18-5-11)4-17(11)9-7(12)8(13)15-10(14)16-9/h6H,2-5H2,1H3/t6?,11-/m1/s1. The lowest BCUT2D eigenvalue weighted by Crippen LogP contribution is -2.49. The van der Waals surface area contributed by atoms with Crippen LogP contribution in [0.2, 0.25) is 15.5 Å². The van der Waals surface area contributed by atoms with Gasteiger partial charge in [-0.05, 0) is 18.0 Å². The lowest BCUT2D eigenvalue weighted by atomic mass is 9.95. The summed E-state index contributed by atoms with van der Waals surface area (Å²) in [6.07, 6.45) is 2.21. The highest BCUT2D eigenvalue weighted by Gasteiger charge is 2.51. The van der Waals surface area contributed by atoms with E-state index in [2.05, 4.69) is 21.8 Å². The maximum atomic E-state index is 6.20. The highest BCUT2D eigenvalue weighted by atomic mass is 35.5. The number of nitrogens with zero attached hydrogens (tertiary/aromatic N) is 3. The molecule has 1 aromatic rings. The van der Waals surface area contributed by atoms with Gasteiger partial charge in [-0.2, -0.15) is 4.98 Å². The molecule has 3 heterocycles. The van der Waals surface area contributed by atoms with Gasteiger partial charge in [0.1, 0.15) is 5.02 Å². The highest BCUT2D eigenvalue weighted by Crippen LogP contribution is 2.45. The minimum Gasteiger partial charge on any atom is -0.374 e. The first-order valence-corrected chi connectivity index (χ1v) is 6.97.